The van der Waals surface area contributed by atoms with Gasteiger partial charge in [0, 0.05) is 12.8 Å². The van der Waals surface area contributed by atoms with Gasteiger partial charge in [-0.15, -0.1) is 0 Å². The zero-order chi connectivity index (χ0) is 13.6. The number of hydrogen-bond donors (Lipinski definition) is 3. The van der Waals surface area contributed by atoms with E-state index in [1.807, 2.05) is 0 Å². The summed E-state index contributed by atoms with van der Waals surface area (Å²) in [5, 5.41) is 16.5. The number of carboxylic acid groups (broad SMARTS) is 1. The minimum absolute atomic E-state index is 0.148. The maximum absolute atomic E-state index is 10.2. The fourth-order valence-electron chi connectivity index (χ4n) is 0.781. The molecule has 2 amide bonds. The van der Waals surface area contributed by atoms with Crippen molar-refractivity contribution in [2.75, 3.05) is 5.75 Å². The Bertz CT molecular complexity index is 398. The maximum Gasteiger partial charge on any atom is 0.304 e. The molecule has 17 heavy (non-hydrogen) atoms. The highest BCUT2D eigenvalue weighted by molar-refractivity contribution is 7.85. The first-order valence-corrected chi connectivity index (χ1v) is 5.96. The van der Waals surface area contributed by atoms with Gasteiger partial charge in [0.1, 0.15) is 0 Å². The van der Waals surface area contributed by atoms with E-state index in [9.17, 15) is 22.8 Å². The summed E-state index contributed by atoms with van der Waals surface area (Å²) in [5.74, 6) is -2.97. The molecular weight excluding hydrogens is 258 g/mol. The van der Waals surface area contributed by atoms with Crippen molar-refractivity contribution in [3.63, 3.8) is 0 Å². The van der Waals surface area contributed by atoms with E-state index in [4.69, 9.17) is 14.9 Å². The maximum atomic E-state index is 10.2. The smallest absolute Gasteiger partial charge is 0.304 e. The van der Waals surface area contributed by atoms with Crippen LogP contribution in [0.5, 0.6) is 0 Å². The summed E-state index contributed by atoms with van der Waals surface area (Å²) in [4.78, 5) is 30.1. The van der Waals surface area contributed by atoms with Crippen LogP contribution in [0.25, 0.3) is 0 Å². The second-order valence-electron chi connectivity index (χ2n) is 3.03. The fourth-order valence-corrected chi connectivity index (χ4v) is 1.21. The van der Waals surface area contributed by atoms with Gasteiger partial charge in [-0.3, -0.25) is 24.1 Å². The van der Waals surface area contributed by atoms with Crippen molar-refractivity contribution in [3.8, 4) is 0 Å². The number of imide groups is 1. The highest BCUT2D eigenvalue weighted by Crippen LogP contribution is 2.07. The normalized spacial score (nSPS) is 15.5. The molecular formula is C7H11NO8S. The number of carbonyl (C=O) groups excluding carboxylic acids is 2. The number of aliphatic carboxylic acids is 1. The largest absolute Gasteiger partial charge is 0.481 e. The molecule has 1 aliphatic heterocycles. The summed E-state index contributed by atoms with van der Waals surface area (Å²) in [6.45, 7) is 0. The first kappa shape index (κ1) is 15.5. The molecule has 1 saturated heterocycles. The molecule has 0 aliphatic carbocycles. The minimum Gasteiger partial charge on any atom is -0.481 e. The van der Waals surface area contributed by atoms with Crippen molar-refractivity contribution < 1.29 is 37.7 Å². The molecule has 0 radical (unpaired) electrons. The van der Waals surface area contributed by atoms with Crippen molar-refractivity contribution in [2.24, 2.45) is 0 Å². The van der Waals surface area contributed by atoms with E-state index in [1.165, 1.54) is 0 Å². The van der Waals surface area contributed by atoms with Gasteiger partial charge in [-0.2, -0.15) is 13.5 Å². The van der Waals surface area contributed by atoms with Gasteiger partial charge in [0.2, 0.25) is 0 Å². The molecule has 0 saturated carbocycles. The van der Waals surface area contributed by atoms with Crippen LogP contribution in [-0.2, 0) is 24.5 Å². The third-order valence-electron chi connectivity index (χ3n) is 1.60. The average molecular weight is 269 g/mol. The first-order valence-electron chi connectivity index (χ1n) is 4.35. The zero-order valence-electron chi connectivity index (χ0n) is 8.57. The second-order valence-corrected chi connectivity index (χ2v) is 4.60. The number of hydroxylamine groups is 2. The monoisotopic (exact) mass is 269 g/mol. The lowest BCUT2D eigenvalue weighted by Gasteiger charge is -1.98. The lowest BCUT2D eigenvalue weighted by Crippen LogP contribution is -2.24. The Kier molecular flexibility index (Phi) is 5.71. The summed E-state index contributed by atoms with van der Waals surface area (Å²) in [6.07, 6.45) is -0.260. The van der Waals surface area contributed by atoms with Crippen molar-refractivity contribution in [2.45, 2.75) is 19.3 Å². The highest BCUT2D eigenvalue weighted by atomic mass is 32.2. The van der Waals surface area contributed by atoms with E-state index in [0.717, 1.165) is 0 Å². The zero-order valence-corrected chi connectivity index (χ0v) is 9.38. The Morgan fingerprint density at radius 1 is 1.24 bits per heavy atom. The molecule has 3 N–H and O–H groups in total. The quantitative estimate of drug-likeness (QED) is 0.331. The number of amides is 2. The molecule has 1 aliphatic rings. The van der Waals surface area contributed by atoms with Crippen molar-refractivity contribution >= 4 is 27.9 Å². The number of nitrogens with zero attached hydrogens (tertiary/aromatic N) is 1. The molecule has 0 bridgehead atoms. The SMILES string of the molecule is O=C(O)CCS(=O)(=O)O.O=C1CCC(=O)N1O. The van der Waals surface area contributed by atoms with E-state index >= 15 is 0 Å². The molecule has 0 aromatic heterocycles. The standard InChI is InChI=1S/C4H5NO3.C3H6O5S/c6-3-1-2-4(7)5(3)8;4-3(5)1-2-9(6,7)8/h8H,1-2H2;1-2H2,(H,4,5)(H,6,7,8). The fraction of sp³-hybridized carbons (Fsp3) is 0.571. The van der Waals surface area contributed by atoms with Gasteiger partial charge in [-0.1, -0.05) is 0 Å². The van der Waals surface area contributed by atoms with Gasteiger partial charge in [0.05, 0.1) is 12.2 Å². The summed E-state index contributed by atoms with van der Waals surface area (Å²) in [7, 11) is -4.10. The number of carbonyl (C=O) groups is 3. The molecule has 0 aromatic carbocycles. The van der Waals surface area contributed by atoms with Crippen LogP contribution in [0.1, 0.15) is 19.3 Å². The third kappa shape index (κ3) is 7.38. The second kappa shape index (κ2) is 6.27. The Labute approximate surface area is 96.3 Å². The van der Waals surface area contributed by atoms with E-state index in [-0.39, 0.29) is 17.9 Å². The molecule has 0 atom stereocenters. The van der Waals surface area contributed by atoms with Crippen LogP contribution in [0.2, 0.25) is 0 Å². The van der Waals surface area contributed by atoms with Crippen molar-refractivity contribution in [3.05, 3.63) is 0 Å². The van der Waals surface area contributed by atoms with E-state index in [0.29, 0.717) is 0 Å². The van der Waals surface area contributed by atoms with E-state index < -0.39 is 40.1 Å². The van der Waals surface area contributed by atoms with Gasteiger partial charge in [0.25, 0.3) is 21.9 Å². The Morgan fingerprint density at radius 3 is 1.76 bits per heavy atom. The van der Waals surface area contributed by atoms with Crippen LogP contribution in [0.3, 0.4) is 0 Å². The van der Waals surface area contributed by atoms with Gasteiger partial charge in [-0.25, -0.2) is 0 Å². The molecule has 0 spiro atoms. The predicted octanol–water partition coefficient (Wildman–Crippen LogP) is -1.13. The summed E-state index contributed by atoms with van der Waals surface area (Å²) in [6, 6.07) is 0. The number of carboxylic acids is 1. The molecule has 1 fully saturated rings. The minimum atomic E-state index is -4.10. The predicted molar refractivity (Wildman–Crippen MR) is 51.5 cm³/mol. The van der Waals surface area contributed by atoms with Crippen LogP contribution in [0.15, 0.2) is 0 Å². The summed E-state index contributed by atoms with van der Waals surface area (Å²) in [5.41, 5.74) is 0. The highest BCUT2D eigenvalue weighted by Gasteiger charge is 2.26. The number of rotatable bonds is 3. The molecule has 1 heterocycles. The van der Waals surface area contributed by atoms with E-state index in [1.54, 1.807) is 0 Å². The lowest BCUT2D eigenvalue weighted by atomic mass is 10.4. The van der Waals surface area contributed by atoms with Crippen molar-refractivity contribution in [1.29, 1.82) is 0 Å². The average Bonchev–Trinajstić information content (AvgIpc) is 2.47. The topological polar surface area (TPSA) is 149 Å². The molecule has 0 unspecified atom stereocenters. The van der Waals surface area contributed by atoms with Gasteiger partial charge in [-0.05, 0) is 0 Å². The molecule has 98 valence electrons. The summed E-state index contributed by atoms with van der Waals surface area (Å²) >= 11 is 0. The van der Waals surface area contributed by atoms with Crippen LogP contribution in [0, 0.1) is 0 Å². The van der Waals surface area contributed by atoms with Gasteiger partial charge >= 0.3 is 5.97 Å². The van der Waals surface area contributed by atoms with Gasteiger partial charge < -0.3 is 5.11 Å². The van der Waals surface area contributed by atoms with Crippen LogP contribution >= 0.6 is 0 Å². The van der Waals surface area contributed by atoms with Crippen molar-refractivity contribution in [1.82, 2.24) is 5.06 Å². The molecule has 1 rings (SSSR count). The van der Waals surface area contributed by atoms with Crippen LogP contribution in [0.4, 0.5) is 0 Å². The van der Waals surface area contributed by atoms with Gasteiger partial charge in [0.15, 0.2) is 0 Å². The first-order chi connectivity index (χ1) is 7.63. The molecule has 10 heteroatoms. The molecule has 9 nitrogen and oxygen atoms in total. The third-order valence-corrected chi connectivity index (χ3v) is 2.32. The van der Waals surface area contributed by atoms with Crippen LogP contribution in [-0.4, -0.2) is 51.9 Å². The van der Waals surface area contributed by atoms with Crippen LogP contribution < -0.4 is 0 Å². The summed E-state index contributed by atoms with van der Waals surface area (Å²) < 4.78 is 27.6. The Hall–Kier alpha value is -1.52. The number of hydrogen-bond acceptors (Lipinski definition) is 6. The Morgan fingerprint density at radius 2 is 1.65 bits per heavy atom. The lowest BCUT2D eigenvalue weighted by molar-refractivity contribution is -0.171. The molecule has 0 aromatic rings. The Balaban J connectivity index is 0.000000302. The van der Waals surface area contributed by atoms with E-state index in [2.05, 4.69) is 0 Å².